The van der Waals surface area contributed by atoms with Crippen LogP contribution in [0.3, 0.4) is 0 Å². The Morgan fingerprint density at radius 1 is 1.04 bits per heavy atom. The van der Waals surface area contributed by atoms with E-state index in [1.165, 1.54) is 14.2 Å². The Kier molecular flexibility index (Phi) is 6.62. The molecule has 0 atom stereocenters. The van der Waals surface area contributed by atoms with Gasteiger partial charge < -0.3 is 19.9 Å². The van der Waals surface area contributed by atoms with Crippen molar-refractivity contribution in [1.29, 1.82) is 0 Å². The van der Waals surface area contributed by atoms with Crippen LogP contribution in [0.2, 0.25) is 0 Å². The van der Waals surface area contributed by atoms with Crippen LogP contribution in [0, 0.1) is 5.82 Å². The van der Waals surface area contributed by atoms with Crippen LogP contribution in [0.4, 0.5) is 10.1 Å². The standard InChI is InChI=1S/C21H24FNO5/c1-5-21(6-2,14-8-10-17(27-3)18(12-14)28-4)20(26)23-16-11-13(19(24)25)7-9-15(16)22/h7-12H,5-6H2,1-4H3,(H,23,26)(H,24,25). The number of amides is 1. The van der Waals surface area contributed by atoms with E-state index < -0.39 is 23.1 Å². The van der Waals surface area contributed by atoms with Crippen LogP contribution in [-0.2, 0) is 10.2 Å². The Balaban J connectivity index is 2.47. The molecule has 0 unspecified atom stereocenters. The molecule has 0 aliphatic heterocycles. The summed E-state index contributed by atoms with van der Waals surface area (Å²) in [5.74, 6) is -1.31. The number of ether oxygens (including phenoxy) is 2. The van der Waals surface area contributed by atoms with Gasteiger partial charge in [-0.3, -0.25) is 4.79 Å². The summed E-state index contributed by atoms with van der Waals surface area (Å²) in [7, 11) is 3.03. The third-order valence-electron chi connectivity index (χ3n) is 5.04. The molecule has 0 heterocycles. The number of carbonyl (C=O) groups excluding carboxylic acids is 1. The number of aromatic carboxylic acids is 1. The van der Waals surface area contributed by atoms with Gasteiger partial charge in [-0.25, -0.2) is 9.18 Å². The number of nitrogens with one attached hydrogen (secondary N) is 1. The summed E-state index contributed by atoms with van der Waals surface area (Å²) >= 11 is 0. The first-order valence-electron chi connectivity index (χ1n) is 8.89. The molecule has 0 saturated heterocycles. The molecule has 150 valence electrons. The van der Waals surface area contributed by atoms with Crippen molar-refractivity contribution in [3.05, 3.63) is 53.3 Å². The van der Waals surface area contributed by atoms with Crippen LogP contribution in [0.15, 0.2) is 36.4 Å². The van der Waals surface area contributed by atoms with Crippen LogP contribution in [0.5, 0.6) is 11.5 Å². The molecule has 6 nitrogen and oxygen atoms in total. The molecule has 2 N–H and O–H groups in total. The van der Waals surface area contributed by atoms with Gasteiger partial charge in [-0.05, 0) is 48.7 Å². The Morgan fingerprint density at radius 3 is 2.21 bits per heavy atom. The number of anilines is 1. The van der Waals surface area contributed by atoms with Gasteiger partial charge in [0.05, 0.1) is 30.9 Å². The van der Waals surface area contributed by atoms with Gasteiger partial charge in [-0.1, -0.05) is 19.9 Å². The van der Waals surface area contributed by atoms with Gasteiger partial charge in [0.15, 0.2) is 11.5 Å². The zero-order valence-corrected chi connectivity index (χ0v) is 16.3. The quantitative estimate of drug-likeness (QED) is 0.705. The van der Waals surface area contributed by atoms with Crippen LogP contribution in [-0.4, -0.2) is 31.2 Å². The molecule has 0 bridgehead atoms. The number of benzene rings is 2. The lowest BCUT2D eigenvalue weighted by Gasteiger charge is -2.31. The van der Waals surface area contributed by atoms with E-state index in [2.05, 4.69) is 5.32 Å². The molecule has 0 saturated carbocycles. The molecule has 7 heteroatoms. The molecule has 2 rings (SSSR count). The maximum atomic E-state index is 14.2. The number of rotatable bonds is 8. The first-order chi connectivity index (χ1) is 13.3. The van der Waals surface area contributed by atoms with Crippen molar-refractivity contribution in [3.63, 3.8) is 0 Å². The van der Waals surface area contributed by atoms with Crippen molar-refractivity contribution < 1.29 is 28.6 Å². The lowest BCUT2D eigenvalue weighted by atomic mass is 9.74. The van der Waals surface area contributed by atoms with Crippen molar-refractivity contribution in [2.24, 2.45) is 0 Å². The molecule has 0 radical (unpaired) electrons. The number of hydrogen-bond donors (Lipinski definition) is 2. The Bertz CT molecular complexity index is 877. The third-order valence-corrected chi connectivity index (χ3v) is 5.04. The first kappa shape index (κ1) is 21.2. The minimum absolute atomic E-state index is 0.110. The smallest absolute Gasteiger partial charge is 0.335 e. The highest BCUT2D eigenvalue weighted by molar-refractivity contribution is 6.00. The van der Waals surface area contributed by atoms with Gasteiger partial charge in [-0.15, -0.1) is 0 Å². The van der Waals surface area contributed by atoms with Crippen LogP contribution < -0.4 is 14.8 Å². The van der Waals surface area contributed by atoms with E-state index in [-0.39, 0.29) is 11.3 Å². The van der Waals surface area contributed by atoms with E-state index in [0.29, 0.717) is 29.9 Å². The molecule has 0 aliphatic carbocycles. The first-order valence-corrected chi connectivity index (χ1v) is 8.89. The van der Waals surface area contributed by atoms with E-state index in [0.717, 1.165) is 18.2 Å². The molecule has 0 aromatic heterocycles. The molecule has 2 aromatic carbocycles. The summed E-state index contributed by atoms with van der Waals surface area (Å²) in [6.07, 6.45) is 0.899. The number of carbonyl (C=O) groups is 2. The second kappa shape index (κ2) is 8.73. The number of halogens is 1. The Hall–Kier alpha value is -3.09. The lowest BCUT2D eigenvalue weighted by Crippen LogP contribution is -2.39. The van der Waals surface area contributed by atoms with Gasteiger partial charge >= 0.3 is 5.97 Å². The maximum Gasteiger partial charge on any atom is 0.335 e. The highest BCUT2D eigenvalue weighted by Gasteiger charge is 2.38. The van der Waals surface area contributed by atoms with Gasteiger partial charge in [0.25, 0.3) is 0 Å². The summed E-state index contributed by atoms with van der Waals surface area (Å²) in [5, 5.41) is 11.7. The second-order valence-corrected chi connectivity index (χ2v) is 6.31. The fourth-order valence-corrected chi connectivity index (χ4v) is 3.24. The number of hydrogen-bond acceptors (Lipinski definition) is 4. The largest absolute Gasteiger partial charge is 0.493 e. The predicted octanol–water partition coefficient (Wildman–Crippen LogP) is 4.24. The summed E-state index contributed by atoms with van der Waals surface area (Å²) < 4.78 is 24.8. The zero-order valence-electron chi connectivity index (χ0n) is 16.3. The van der Waals surface area contributed by atoms with Gasteiger partial charge in [0, 0.05) is 0 Å². The lowest BCUT2D eigenvalue weighted by molar-refractivity contribution is -0.121. The molecule has 0 fully saturated rings. The molecular weight excluding hydrogens is 365 g/mol. The molecule has 0 spiro atoms. The number of carboxylic acids is 1. The Morgan fingerprint density at radius 2 is 1.68 bits per heavy atom. The van der Waals surface area contributed by atoms with E-state index in [1.807, 2.05) is 13.8 Å². The molecular formula is C21H24FNO5. The maximum absolute atomic E-state index is 14.2. The number of methoxy groups -OCH3 is 2. The van der Waals surface area contributed by atoms with Gasteiger partial charge in [0.2, 0.25) is 5.91 Å². The Labute approximate surface area is 163 Å². The van der Waals surface area contributed by atoms with Crippen LogP contribution >= 0.6 is 0 Å². The van der Waals surface area contributed by atoms with E-state index in [4.69, 9.17) is 14.6 Å². The van der Waals surface area contributed by atoms with Gasteiger partial charge in [0.1, 0.15) is 5.82 Å². The topological polar surface area (TPSA) is 84.9 Å². The average molecular weight is 389 g/mol. The minimum Gasteiger partial charge on any atom is -0.493 e. The zero-order chi connectivity index (χ0) is 20.9. The predicted molar refractivity (Wildman–Crippen MR) is 104 cm³/mol. The number of carboxylic acid groups (broad SMARTS) is 1. The van der Waals surface area contributed by atoms with E-state index >= 15 is 0 Å². The third kappa shape index (κ3) is 3.93. The van der Waals surface area contributed by atoms with E-state index in [9.17, 15) is 14.0 Å². The van der Waals surface area contributed by atoms with Crippen LogP contribution in [0.1, 0.15) is 42.6 Å². The van der Waals surface area contributed by atoms with E-state index in [1.54, 1.807) is 18.2 Å². The van der Waals surface area contributed by atoms with Crippen molar-refractivity contribution in [2.45, 2.75) is 32.1 Å². The fourth-order valence-electron chi connectivity index (χ4n) is 3.24. The summed E-state index contributed by atoms with van der Waals surface area (Å²) in [4.78, 5) is 24.3. The summed E-state index contributed by atoms with van der Waals surface area (Å²) in [6.45, 7) is 3.73. The monoisotopic (exact) mass is 389 g/mol. The summed E-state index contributed by atoms with van der Waals surface area (Å²) in [6, 6.07) is 8.50. The molecule has 1 amide bonds. The minimum atomic E-state index is -1.20. The summed E-state index contributed by atoms with van der Waals surface area (Å²) in [5.41, 5.74) is -0.536. The normalized spacial score (nSPS) is 11.0. The SMILES string of the molecule is CCC(CC)(C(=O)Nc1cc(C(=O)O)ccc1F)c1ccc(OC)c(OC)c1. The molecule has 28 heavy (non-hydrogen) atoms. The van der Waals surface area contributed by atoms with Crippen LogP contribution in [0.25, 0.3) is 0 Å². The van der Waals surface area contributed by atoms with Crippen molar-refractivity contribution in [2.75, 3.05) is 19.5 Å². The second-order valence-electron chi connectivity index (χ2n) is 6.31. The fraction of sp³-hybridized carbons (Fsp3) is 0.333. The average Bonchev–Trinajstić information content (AvgIpc) is 2.70. The highest BCUT2D eigenvalue weighted by Crippen LogP contribution is 2.38. The highest BCUT2D eigenvalue weighted by atomic mass is 19.1. The molecule has 2 aromatic rings. The van der Waals surface area contributed by atoms with Crippen molar-refractivity contribution in [3.8, 4) is 11.5 Å². The molecule has 0 aliphatic rings. The van der Waals surface area contributed by atoms with Gasteiger partial charge in [-0.2, -0.15) is 0 Å². The van der Waals surface area contributed by atoms with Crippen molar-refractivity contribution >= 4 is 17.6 Å². The van der Waals surface area contributed by atoms with Crippen molar-refractivity contribution in [1.82, 2.24) is 0 Å².